The van der Waals surface area contributed by atoms with Gasteiger partial charge in [-0.1, -0.05) is 0 Å². The first-order valence-corrected chi connectivity index (χ1v) is 14.4. The molecule has 8 nitrogen and oxygen atoms in total. The molecule has 0 saturated carbocycles. The molecule has 4 rings (SSSR count). The number of ether oxygens (including phenoxy) is 3. The van der Waals surface area contributed by atoms with Crippen molar-refractivity contribution in [1.82, 2.24) is 4.57 Å². The van der Waals surface area contributed by atoms with Gasteiger partial charge >= 0.3 is 0 Å². The van der Waals surface area contributed by atoms with Crippen LogP contribution >= 0.6 is 0 Å². The van der Waals surface area contributed by atoms with E-state index in [9.17, 15) is 22.0 Å². The summed E-state index contributed by atoms with van der Waals surface area (Å²) < 4.78 is 74.3. The van der Waals surface area contributed by atoms with Crippen molar-refractivity contribution in [2.75, 3.05) is 36.4 Å². The minimum atomic E-state index is -3.67. The van der Waals surface area contributed by atoms with Crippen LogP contribution in [-0.4, -0.2) is 45.1 Å². The third-order valence-electron chi connectivity index (χ3n) is 6.61. The number of pyridine rings is 1. The van der Waals surface area contributed by atoms with Gasteiger partial charge in [0.05, 0.1) is 18.0 Å². The predicted octanol–water partition coefficient (Wildman–Crippen LogP) is 5.10. The van der Waals surface area contributed by atoms with Gasteiger partial charge in [0.2, 0.25) is 10.0 Å². The molecule has 0 atom stereocenters. The normalized spacial score (nSPS) is 14.3. The second-order valence-corrected chi connectivity index (χ2v) is 11.5. The van der Waals surface area contributed by atoms with Crippen LogP contribution in [0.4, 0.5) is 14.5 Å². The Balaban J connectivity index is 1.89. The predicted molar refractivity (Wildman–Crippen MR) is 145 cm³/mol. The molecular formula is C28H32F2N2O6S. The smallest absolute Gasteiger partial charge is 0.254 e. The molecule has 1 aromatic heterocycles. The molecule has 1 aliphatic heterocycles. The van der Waals surface area contributed by atoms with Crippen LogP contribution in [0.25, 0.3) is 11.1 Å². The molecule has 0 amide bonds. The van der Waals surface area contributed by atoms with Gasteiger partial charge in [-0.2, -0.15) is 0 Å². The molecule has 0 radical (unpaired) electrons. The Labute approximate surface area is 226 Å². The molecule has 2 aromatic carbocycles. The lowest BCUT2D eigenvalue weighted by atomic mass is 10.00. The molecule has 1 saturated heterocycles. The lowest BCUT2D eigenvalue weighted by Crippen LogP contribution is -2.38. The fraction of sp³-hybridized carbons (Fsp3) is 0.393. The van der Waals surface area contributed by atoms with Crippen molar-refractivity contribution in [3.63, 3.8) is 0 Å². The standard InChI is InChI=1S/C28H32F2N2O6S/c1-4-37-27-16-28(33)31(3)18-23(27)22-15-21(7-9-25(22)38-26-8-6-20(29)14-24(26)30)32(39(34,35)5-2)17-19-10-12-36-13-11-19/h6-9,14-16,18-19H,4-5,10-13,17H2,1-3H3. The van der Waals surface area contributed by atoms with Gasteiger partial charge in [0.25, 0.3) is 5.56 Å². The zero-order valence-electron chi connectivity index (χ0n) is 22.2. The minimum Gasteiger partial charge on any atom is -0.493 e. The van der Waals surface area contributed by atoms with Crippen LogP contribution in [0.15, 0.2) is 53.5 Å². The maximum Gasteiger partial charge on any atom is 0.254 e. The van der Waals surface area contributed by atoms with Crippen molar-refractivity contribution in [3.05, 3.63) is 70.6 Å². The van der Waals surface area contributed by atoms with Gasteiger partial charge in [-0.25, -0.2) is 17.2 Å². The number of hydrogen-bond donors (Lipinski definition) is 0. The molecule has 1 fully saturated rings. The molecule has 0 aliphatic carbocycles. The average Bonchev–Trinajstić information content (AvgIpc) is 2.92. The maximum absolute atomic E-state index is 14.5. The summed E-state index contributed by atoms with van der Waals surface area (Å²) >= 11 is 0. The highest BCUT2D eigenvalue weighted by atomic mass is 32.2. The average molecular weight is 563 g/mol. The first-order chi connectivity index (χ1) is 18.6. The molecule has 0 bridgehead atoms. The van der Waals surface area contributed by atoms with Crippen LogP contribution in [0.2, 0.25) is 0 Å². The van der Waals surface area contributed by atoms with E-state index < -0.39 is 21.7 Å². The van der Waals surface area contributed by atoms with Gasteiger partial charge in [0, 0.05) is 56.3 Å². The van der Waals surface area contributed by atoms with Crippen LogP contribution in [0.3, 0.4) is 0 Å². The zero-order chi connectivity index (χ0) is 28.2. The quantitative estimate of drug-likeness (QED) is 0.342. The summed E-state index contributed by atoms with van der Waals surface area (Å²) in [5.41, 5.74) is 0.901. The second-order valence-electron chi connectivity index (χ2n) is 9.28. The van der Waals surface area contributed by atoms with E-state index >= 15 is 0 Å². The molecule has 39 heavy (non-hydrogen) atoms. The SMILES string of the molecule is CCOc1cc(=O)n(C)cc1-c1cc(N(CC2CCOCC2)S(=O)(=O)CC)ccc1Oc1ccc(F)cc1F. The molecule has 0 N–H and O–H groups in total. The van der Waals surface area contributed by atoms with Crippen molar-refractivity contribution in [2.45, 2.75) is 26.7 Å². The molecule has 2 heterocycles. The Bertz CT molecular complexity index is 1490. The molecule has 0 unspecified atom stereocenters. The molecule has 210 valence electrons. The third-order valence-corrected chi connectivity index (χ3v) is 8.37. The highest BCUT2D eigenvalue weighted by Gasteiger charge is 2.27. The summed E-state index contributed by atoms with van der Waals surface area (Å²) in [4.78, 5) is 12.4. The third kappa shape index (κ3) is 6.59. The van der Waals surface area contributed by atoms with Crippen LogP contribution in [0.5, 0.6) is 17.2 Å². The molecule has 11 heteroatoms. The van der Waals surface area contributed by atoms with Crippen molar-refractivity contribution < 1.29 is 31.4 Å². The van der Waals surface area contributed by atoms with E-state index in [4.69, 9.17) is 14.2 Å². The summed E-state index contributed by atoms with van der Waals surface area (Å²) in [6.07, 6.45) is 3.03. The fourth-order valence-corrected chi connectivity index (χ4v) is 5.62. The number of hydrogen-bond acceptors (Lipinski definition) is 6. The van der Waals surface area contributed by atoms with Gasteiger partial charge in [0.15, 0.2) is 11.6 Å². The van der Waals surface area contributed by atoms with Gasteiger partial charge in [-0.15, -0.1) is 0 Å². The van der Waals surface area contributed by atoms with Gasteiger partial charge in [-0.3, -0.25) is 9.10 Å². The number of halogens is 2. The number of anilines is 1. The Morgan fingerprint density at radius 2 is 1.72 bits per heavy atom. The number of rotatable bonds is 10. The van der Waals surface area contributed by atoms with Crippen molar-refractivity contribution in [3.8, 4) is 28.4 Å². The van der Waals surface area contributed by atoms with E-state index in [1.165, 1.54) is 27.1 Å². The van der Waals surface area contributed by atoms with E-state index in [1.807, 2.05) is 0 Å². The summed E-state index contributed by atoms with van der Waals surface area (Å²) in [6, 6.07) is 9.05. The van der Waals surface area contributed by atoms with Crippen LogP contribution in [0.1, 0.15) is 26.7 Å². The minimum absolute atomic E-state index is 0.103. The Morgan fingerprint density at radius 3 is 2.38 bits per heavy atom. The fourth-order valence-electron chi connectivity index (χ4n) is 4.44. The van der Waals surface area contributed by atoms with E-state index in [1.54, 1.807) is 39.2 Å². The van der Waals surface area contributed by atoms with Gasteiger partial charge < -0.3 is 18.8 Å². The highest BCUT2D eigenvalue weighted by molar-refractivity contribution is 7.92. The van der Waals surface area contributed by atoms with Crippen LogP contribution < -0.4 is 19.3 Å². The monoisotopic (exact) mass is 562 g/mol. The Kier molecular flexibility index (Phi) is 8.91. The largest absolute Gasteiger partial charge is 0.493 e. The van der Waals surface area contributed by atoms with Crippen LogP contribution in [-0.2, 0) is 21.8 Å². The maximum atomic E-state index is 14.5. The Morgan fingerprint density at radius 1 is 1.00 bits per heavy atom. The number of aromatic nitrogens is 1. The highest BCUT2D eigenvalue weighted by Crippen LogP contribution is 2.41. The Hall–Kier alpha value is -3.44. The summed E-state index contributed by atoms with van der Waals surface area (Å²) in [5.74, 6) is -1.42. The summed E-state index contributed by atoms with van der Waals surface area (Å²) in [6.45, 7) is 5.04. The molecule has 3 aromatic rings. The summed E-state index contributed by atoms with van der Waals surface area (Å²) in [7, 11) is -2.09. The molecule has 0 spiro atoms. The topological polar surface area (TPSA) is 87.1 Å². The summed E-state index contributed by atoms with van der Waals surface area (Å²) in [5, 5.41) is 0. The van der Waals surface area contributed by atoms with E-state index in [0.29, 0.717) is 36.1 Å². The number of aryl methyl sites for hydroxylation is 1. The first-order valence-electron chi connectivity index (χ1n) is 12.8. The van der Waals surface area contributed by atoms with E-state index in [0.717, 1.165) is 18.9 Å². The van der Waals surface area contributed by atoms with Crippen molar-refractivity contribution in [1.29, 1.82) is 0 Å². The number of sulfonamides is 1. The molecular weight excluding hydrogens is 530 g/mol. The zero-order valence-corrected chi connectivity index (χ0v) is 23.0. The van der Waals surface area contributed by atoms with Gasteiger partial charge in [0.1, 0.15) is 17.3 Å². The lowest BCUT2D eigenvalue weighted by molar-refractivity contribution is 0.0691. The second kappa shape index (κ2) is 12.2. The van der Waals surface area contributed by atoms with Crippen LogP contribution in [0, 0.1) is 17.6 Å². The lowest BCUT2D eigenvalue weighted by Gasteiger charge is -2.31. The number of benzene rings is 2. The van der Waals surface area contributed by atoms with Crippen molar-refractivity contribution >= 4 is 15.7 Å². The molecule has 1 aliphatic rings. The van der Waals surface area contributed by atoms with Gasteiger partial charge in [-0.05, 0) is 62.9 Å². The number of nitrogens with zero attached hydrogens (tertiary/aromatic N) is 2. The van der Waals surface area contributed by atoms with E-state index in [2.05, 4.69) is 0 Å². The van der Waals surface area contributed by atoms with E-state index in [-0.39, 0.29) is 47.6 Å². The van der Waals surface area contributed by atoms with Crippen molar-refractivity contribution in [2.24, 2.45) is 13.0 Å². The first kappa shape index (κ1) is 28.6.